The second-order valence-electron chi connectivity index (χ2n) is 3.20. The van der Waals surface area contributed by atoms with E-state index in [0.29, 0.717) is 0 Å². The molecule has 0 aromatic carbocycles. The van der Waals surface area contributed by atoms with Crippen LogP contribution in [0, 0.1) is 0 Å². The summed E-state index contributed by atoms with van der Waals surface area (Å²) in [5.74, 6) is -0.0429. The van der Waals surface area contributed by atoms with Gasteiger partial charge in [0, 0.05) is 11.8 Å². The second-order valence-corrected chi connectivity index (χ2v) is 4.15. The third-order valence-electron chi connectivity index (χ3n) is 2.11. The average Bonchev–Trinajstić information content (AvgIpc) is 2.91. The van der Waals surface area contributed by atoms with E-state index in [9.17, 15) is 4.79 Å². The molecule has 78 valence electrons. The molecule has 0 aliphatic rings. The van der Waals surface area contributed by atoms with E-state index in [0.717, 1.165) is 10.4 Å². The molecule has 2 N–H and O–H groups in total. The predicted octanol–water partition coefficient (Wildman–Crippen LogP) is 1.96. The van der Waals surface area contributed by atoms with Gasteiger partial charge in [0.2, 0.25) is 0 Å². The molecule has 1 unspecified atom stereocenters. The highest BCUT2D eigenvalue weighted by Gasteiger charge is 2.12. The number of rotatable bonds is 3. The number of aromatic nitrogens is 2. The van der Waals surface area contributed by atoms with Crippen LogP contribution >= 0.6 is 11.3 Å². The zero-order chi connectivity index (χ0) is 10.7. The lowest BCUT2D eigenvalue weighted by atomic mass is 10.2. The maximum atomic E-state index is 11.7. The summed E-state index contributed by atoms with van der Waals surface area (Å²) in [7, 11) is 0. The third kappa shape index (κ3) is 2.24. The number of hydrogen-bond acceptors (Lipinski definition) is 3. The van der Waals surface area contributed by atoms with Crippen molar-refractivity contribution in [2.75, 3.05) is 0 Å². The van der Waals surface area contributed by atoms with E-state index in [2.05, 4.69) is 15.5 Å². The molecule has 0 saturated heterocycles. The second kappa shape index (κ2) is 4.27. The van der Waals surface area contributed by atoms with Crippen LogP contribution in [0.4, 0.5) is 0 Å². The van der Waals surface area contributed by atoms with E-state index < -0.39 is 0 Å². The number of carbonyl (C=O) groups is 1. The molecule has 15 heavy (non-hydrogen) atoms. The van der Waals surface area contributed by atoms with Gasteiger partial charge in [-0.3, -0.25) is 9.89 Å². The first-order chi connectivity index (χ1) is 7.27. The Morgan fingerprint density at radius 1 is 1.67 bits per heavy atom. The number of aromatic amines is 1. The Morgan fingerprint density at radius 2 is 2.53 bits per heavy atom. The lowest BCUT2D eigenvalue weighted by molar-refractivity contribution is 0.0944. The molecule has 0 bridgehead atoms. The van der Waals surface area contributed by atoms with Gasteiger partial charge in [-0.05, 0) is 18.4 Å². The highest BCUT2D eigenvalue weighted by atomic mass is 32.1. The monoisotopic (exact) mass is 221 g/mol. The molecule has 0 spiro atoms. The van der Waals surface area contributed by atoms with Crippen molar-refractivity contribution in [1.29, 1.82) is 0 Å². The van der Waals surface area contributed by atoms with Crippen LogP contribution in [0.2, 0.25) is 0 Å². The van der Waals surface area contributed by atoms with E-state index in [1.54, 1.807) is 12.4 Å². The first-order valence-corrected chi connectivity index (χ1v) is 5.48. The van der Waals surface area contributed by atoms with Gasteiger partial charge in [-0.25, -0.2) is 0 Å². The van der Waals surface area contributed by atoms with Crippen LogP contribution in [0.5, 0.6) is 0 Å². The number of nitrogens with one attached hydrogen (secondary N) is 2. The van der Waals surface area contributed by atoms with Gasteiger partial charge in [-0.2, -0.15) is 5.10 Å². The van der Waals surface area contributed by atoms with Crippen molar-refractivity contribution in [2.45, 2.75) is 13.0 Å². The highest BCUT2D eigenvalue weighted by molar-refractivity contribution is 7.12. The van der Waals surface area contributed by atoms with Crippen LogP contribution in [0.1, 0.15) is 28.2 Å². The average molecular weight is 221 g/mol. The van der Waals surface area contributed by atoms with Crippen LogP contribution in [0.25, 0.3) is 0 Å². The number of amides is 1. The zero-order valence-electron chi connectivity index (χ0n) is 8.23. The largest absolute Gasteiger partial charge is 0.345 e. The Kier molecular flexibility index (Phi) is 2.82. The molecule has 2 heterocycles. The summed E-state index contributed by atoms with van der Waals surface area (Å²) in [6.07, 6.45) is 3.48. The third-order valence-corrected chi connectivity index (χ3v) is 2.98. The fraction of sp³-hybridized carbons (Fsp3) is 0.200. The molecule has 4 nitrogen and oxygen atoms in total. The van der Waals surface area contributed by atoms with Gasteiger partial charge in [0.25, 0.3) is 5.91 Å². The summed E-state index contributed by atoms with van der Waals surface area (Å²) in [5, 5.41) is 11.3. The maximum Gasteiger partial charge on any atom is 0.261 e. The molecule has 5 heteroatoms. The minimum absolute atomic E-state index is 0.0293. The van der Waals surface area contributed by atoms with Gasteiger partial charge in [-0.1, -0.05) is 6.07 Å². The fourth-order valence-corrected chi connectivity index (χ4v) is 1.88. The SMILES string of the molecule is CC(NC(=O)c1cccs1)c1cn[nH]c1. The molecule has 1 amide bonds. The minimum Gasteiger partial charge on any atom is -0.345 e. The van der Waals surface area contributed by atoms with Gasteiger partial charge in [0.1, 0.15) is 0 Å². The summed E-state index contributed by atoms with van der Waals surface area (Å²) in [6, 6.07) is 3.64. The first-order valence-electron chi connectivity index (χ1n) is 4.60. The molecule has 0 aliphatic carbocycles. The maximum absolute atomic E-state index is 11.7. The van der Waals surface area contributed by atoms with Gasteiger partial charge in [-0.15, -0.1) is 11.3 Å². The van der Waals surface area contributed by atoms with Gasteiger partial charge in [0.15, 0.2) is 0 Å². The van der Waals surface area contributed by atoms with Crippen LogP contribution in [-0.4, -0.2) is 16.1 Å². The molecule has 1 atom stereocenters. The van der Waals surface area contributed by atoms with Crippen LogP contribution in [-0.2, 0) is 0 Å². The molecule has 2 aromatic heterocycles. The Hall–Kier alpha value is -1.62. The lowest BCUT2D eigenvalue weighted by Gasteiger charge is -2.10. The molecular weight excluding hydrogens is 210 g/mol. The smallest absolute Gasteiger partial charge is 0.261 e. The molecular formula is C10H11N3OS. The van der Waals surface area contributed by atoms with Crippen molar-refractivity contribution in [3.05, 3.63) is 40.3 Å². The van der Waals surface area contributed by atoms with Gasteiger partial charge < -0.3 is 5.32 Å². The lowest BCUT2D eigenvalue weighted by Crippen LogP contribution is -2.25. The standard InChI is InChI=1S/C10H11N3OS/c1-7(8-5-11-12-6-8)13-10(14)9-3-2-4-15-9/h2-7H,1H3,(H,11,12)(H,13,14). The summed E-state index contributed by atoms with van der Waals surface area (Å²) < 4.78 is 0. The van der Waals surface area contributed by atoms with Crippen molar-refractivity contribution in [3.8, 4) is 0 Å². The number of H-pyrrole nitrogens is 1. The van der Waals surface area contributed by atoms with Crippen LogP contribution < -0.4 is 5.32 Å². The van der Waals surface area contributed by atoms with E-state index in [1.807, 2.05) is 24.4 Å². The highest BCUT2D eigenvalue weighted by Crippen LogP contribution is 2.13. The summed E-state index contributed by atoms with van der Waals surface area (Å²) in [5.41, 5.74) is 0.972. The molecule has 2 rings (SSSR count). The molecule has 0 saturated carbocycles. The van der Waals surface area contributed by atoms with Crippen molar-refractivity contribution in [3.63, 3.8) is 0 Å². The van der Waals surface area contributed by atoms with E-state index in [1.165, 1.54) is 11.3 Å². The van der Waals surface area contributed by atoms with Crippen molar-refractivity contribution in [2.24, 2.45) is 0 Å². The Morgan fingerprint density at radius 3 is 3.13 bits per heavy atom. The fourth-order valence-electron chi connectivity index (χ4n) is 1.26. The number of hydrogen-bond donors (Lipinski definition) is 2. The van der Waals surface area contributed by atoms with Crippen molar-refractivity contribution < 1.29 is 4.79 Å². The molecule has 0 fully saturated rings. The van der Waals surface area contributed by atoms with Crippen molar-refractivity contribution >= 4 is 17.2 Å². The van der Waals surface area contributed by atoms with E-state index in [-0.39, 0.29) is 11.9 Å². The minimum atomic E-state index is -0.0429. The normalized spacial score (nSPS) is 12.3. The molecule has 0 aliphatic heterocycles. The number of nitrogens with zero attached hydrogens (tertiary/aromatic N) is 1. The summed E-state index contributed by atoms with van der Waals surface area (Å²) in [6.45, 7) is 1.93. The molecule has 2 aromatic rings. The van der Waals surface area contributed by atoms with Gasteiger partial charge >= 0.3 is 0 Å². The topological polar surface area (TPSA) is 57.8 Å². The molecule has 0 radical (unpaired) electrons. The van der Waals surface area contributed by atoms with Crippen LogP contribution in [0.15, 0.2) is 29.9 Å². The Bertz CT molecular complexity index is 421. The first kappa shape index (κ1) is 9.92. The number of thiophene rings is 1. The van der Waals surface area contributed by atoms with Crippen molar-refractivity contribution in [1.82, 2.24) is 15.5 Å². The Balaban J connectivity index is 2.01. The number of carbonyl (C=O) groups excluding carboxylic acids is 1. The van der Waals surface area contributed by atoms with Crippen LogP contribution in [0.3, 0.4) is 0 Å². The summed E-state index contributed by atoms with van der Waals surface area (Å²) >= 11 is 1.43. The van der Waals surface area contributed by atoms with E-state index >= 15 is 0 Å². The zero-order valence-corrected chi connectivity index (χ0v) is 9.04. The predicted molar refractivity (Wildman–Crippen MR) is 58.8 cm³/mol. The Labute approximate surface area is 91.3 Å². The summed E-state index contributed by atoms with van der Waals surface area (Å²) in [4.78, 5) is 12.4. The van der Waals surface area contributed by atoms with Gasteiger partial charge in [0.05, 0.1) is 17.1 Å². The quantitative estimate of drug-likeness (QED) is 0.832. The van der Waals surface area contributed by atoms with E-state index in [4.69, 9.17) is 0 Å².